The highest BCUT2D eigenvalue weighted by atomic mass is 19.3. The Labute approximate surface area is 129 Å². The fourth-order valence-electron chi connectivity index (χ4n) is 2.19. The molecule has 9 heteroatoms. The topological polar surface area (TPSA) is 71.3 Å². The van der Waals surface area contributed by atoms with Gasteiger partial charge in [-0.1, -0.05) is 5.10 Å². The smallest absolute Gasteiger partial charge is 0.325 e. The van der Waals surface area contributed by atoms with Crippen LogP contribution in [-0.4, -0.2) is 40.1 Å². The molecule has 2 heterocycles. The highest BCUT2D eigenvalue weighted by molar-refractivity contribution is 5.87. The number of carbonyl (C=O) groups excluding carboxylic acids is 1. The molecule has 0 radical (unpaired) electrons. The van der Waals surface area contributed by atoms with Gasteiger partial charge in [-0.3, -0.25) is 5.32 Å². The zero-order valence-corrected chi connectivity index (χ0v) is 11.9. The minimum Gasteiger partial charge on any atom is -0.403 e. The second-order valence-corrected chi connectivity index (χ2v) is 5.19. The molecule has 0 saturated carbocycles. The lowest BCUT2D eigenvalue weighted by atomic mass is 10.1. The zero-order valence-electron chi connectivity index (χ0n) is 11.9. The molecule has 1 N–H and O–H groups in total. The molecule has 1 aliphatic heterocycles. The van der Waals surface area contributed by atoms with Crippen LogP contribution in [0.3, 0.4) is 0 Å². The number of alkyl halides is 2. The molecule has 122 valence electrons. The summed E-state index contributed by atoms with van der Waals surface area (Å²) < 4.78 is 44.2. The van der Waals surface area contributed by atoms with Gasteiger partial charge in [0.2, 0.25) is 5.89 Å². The van der Waals surface area contributed by atoms with Crippen molar-refractivity contribution in [3.63, 3.8) is 0 Å². The van der Waals surface area contributed by atoms with Crippen LogP contribution in [0.1, 0.15) is 12.8 Å². The van der Waals surface area contributed by atoms with Crippen molar-refractivity contribution in [2.75, 3.05) is 18.4 Å². The van der Waals surface area contributed by atoms with E-state index in [1.165, 1.54) is 29.2 Å². The maximum atomic E-state index is 13.1. The van der Waals surface area contributed by atoms with E-state index < -0.39 is 17.8 Å². The molecule has 0 unspecified atom stereocenters. The van der Waals surface area contributed by atoms with Crippen LogP contribution in [0.5, 0.6) is 0 Å². The lowest BCUT2D eigenvalue weighted by Crippen LogP contribution is -2.44. The van der Waals surface area contributed by atoms with Gasteiger partial charge in [0.15, 0.2) is 0 Å². The zero-order chi connectivity index (χ0) is 16.4. The molecule has 1 saturated heterocycles. The lowest BCUT2D eigenvalue weighted by molar-refractivity contribution is -0.0461. The number of nitrogens with one attached hydrogen (secondary N) is 1. The van der Waals surface area contributed by atoms with E-state index in [1.807, 2.05) is 0 Å². The van der Waals surface area contributed by atoms with Crippen LogP contribution in [-0.2, 0) is 0 Å². The number of piperidine rings is 1. The lowest BCUT2D eigenvalue weighted by Gasteiger charge is -2.31. The van der Waals surface area contributed by atoms with Crippen molar-refractivity contribution in [3.8, 4) is 11.5 Å². The quantitative estimate of drug-likeness (QED) is 0.920. The van der Waals surface area contributed by atoms with Gasteiger partial charge in [0.25, 0.3) is 5.92 Å². The fraction of sp³-hybridized carbons (Fsp3) is 0.357. The number of nitrogens with zero attached hydrogens (tertiary/aromatic N) is 3. The highest BCUT2D eigenvalue weighted by Gasteiger charge is 2.35. The summed E-state index contributed by atoms with van der Waals surface area (Å²) in [5.74, 6) is -3.01. The monoisotopic (exact) mass is 326 g/mol. The summed E-state index contributed by atoms with van der Waals surface area (Å²) in [7, 11) is 0. The number of hydrogen-bond acceptors (Lipinski definition) is 4. The van der Waals surface area contributed by atoms with Crippen molar-refractivity contribution in [2.45, 2.75) is 18.8 Å². The van der Waals surface area contributed by atoms with Gasteiger partial charge in [-0.2, -0.15) is 0 Å². The summed E-state index contributed by atoms with van der Waals surface area (Å²) in [6, 6.07) is 4.68. The number of benzene rings is 1. The van der Waals surface area contributed by atoms with Gasteiger partial charge in [-0.15, -0.1) is 5.10 Å². The third-order valence-electron chi connectivity index (χ3n) is 3.51. The number of halogens is 3. The van der Waals surface area contributed by atoms with Crippen LogP contribution in [0.15, 0.2) is 28.7 Å². The summed E-state index contributed by atoms with van der Waals surface area (Å²) in [6.07, 6.45) is -0.740. The van der Waals surface area contributed by atoms with E-state index >= 15 is 0 Å². The van der Waals surface area contributed by atoms with E-state index in [2.05, 4.69) is 15.5 Å². The first kappa shape index (κ1) is 15.3. The van der Waals surface area contributed by atoms with Crippen molar-refractivity contribution < 1.29 is 22.4 Å². The van der Waals surface area contributed by atoms with Crippen molar-refractivity contribution >= 4 is 12.0 Å². The van der Waals surface area contributed by atoms with Crippen LogP contribution in [0.2, 0.25) is 0 Å². The van der Waals surface area contributed by atoms with Gasteiger partial charge in [-0.25, -0.2) is 18.0 Å². The van der Waals surface area contributed by atoms with Gasteiger partial charge in [0, 0.05) is 31.5 Å². The Kier molecular flexibility index (Phi) is 3.93. The number of aromatic nitrogens is 2. The molecule has 0 aliphatic carbocycles. The van der Waals surface area contributed by atoms with E-state index in [1.54, 1.807) is 0 Å². The first-order chi connectivity index (χ1) is 10.9. The molecule has 23 heavy (non-hydrogen) atoms. The number of carbonyl (C=O) groups is 1. The number of likely N-dealkylation sites (tertiary alicyclic amines) is 1. The second kappa shape index (κ2) is 5.90. The predicted octanol–water partition coefficient (Wildman–Crippen LogP) is 3.14. The molecule has 2 aromatic rings. The van der Waals surface area contributed by atoms with E-state index in [9.17, 15) is 18.0 Å². The largest absolute Gasteiger partial charge is 0.403 e. The SMILES string of the molecule is O=C(Nc1nnc(-c2ccc(F)cc2)o1)N1CCC(F)(F)CC1. The Morgan fingerprint density at radius 3 is 2.48 bits per heavy atom. The summed E-state index contributed by atoms with van der Waals surface area (Å²) >= 11 is 0. The van der Waals surface area contributed by atoms with Gasteiger partial charge in [0.05, 0.1) is 0 Å². The van der Waals surface area contributed by atoms with Crippen LogP contribution < -0.4 is 5.32 Å². The van der Waals surface area contributed by atoms with Crippen LogP contribution in [0, 0.1) is 5.82 Å². The molecular weight excluding hydrogens is 313 g/mol. The van der Waals surface area contributed by atoms with E-state index in [0.29, 0.717) is 5.56 Å². The van der Waals surface area contributed by atoms with E-state index in [-0.39, 0.29) is 37.8 Å². The molecule has 1 aromatic carbocycles. The Hall–Kier alpha value is -2.58. The summed E-state index contributed by atoms with van der Waals surface area (Å²) in [4.78, 5) is 13.2. The minimum absolute atomic E-state index is 0.0439. The maximum Gasteiger partial charge on any atom is 0.325 e. The fourth-order valence-corrected chi connectivity index (χ4v) is 2.19. The average molecular weight is 326 g/mol. The third kappa shape index (κ3) is 3.61. The molecule has 0 spiro atoms. The first-order valence-electron chi connectivity index (χ1n) is 6.96. The Morgan fingerprint density at radius 1 is 1.17 bits per heavy atom. The Morgan fingerprint density at radius 2 is 1.83 bits per heavy atom. The summed E-state index contributed by atoms with van der Waals surface area (Å²) in [5.41, 5.74) is 0.497. The molecule has 0 bridgehead atoms. The van der Waals surface area contributed by atoms with Gasteiger partial charge in [-0.05, 0) is 24.3 Å². The minimum atomic E-state index is -2.73. The predicted molar refractivity (Wildman–Crippen MR) is 74.5 cm³/mol. The van der Waals surface area contributed by atoms with Crippen molar-refractivity contribution in [1.29, 1.82) is 0 Å². The Balaban J connectivity index is 1.63. The van der Waals surface area contributed by atoms with Gasteiger partial charge >= 0.3 is 12.0 Å². The van der Waals surface area contributed by atoms with Crippen molar-refractivity contribution in [2.24, 2.45) is 0 Å². The summed E-state index contributed by atoms with van der Waals surface area (Å²) in [6.45, 7) is -0.0877. The van der Waals surface area contributed by atoms with Gasteiger partial charge < -0.3 is 9.32 Å². The van der Waals surface area contributed by atoms with Crippen molar-refractivity contribution in [1.82, 2.24) is 15.1 Å². The second-order valence-electron chi connectivity index (χ2n) is 5.19. The highest BCUT2D eigenvalue weighted by Crippen LogP contribution is 2.28. The number of anilines is 1. The third-order valence-corrected chi connectivity index (χ3v) is 3.51. The van der Waals surface area contributed by atoms with Gasteiger partial charge in [0.1, 0.15) is 5.82 Å². The number of urea groups is 1. The number of amides is 2. The first-order valence-corrected chi connectivity index (χ1v) is 6.96. The molecule has 3 rings (SSSR count). The average Bonchev–Trinajstić information content (AvgIpc) is 2.96. The number of rotatable bonds is 2. The summed E-state index contributed by atoms with van der Waals surface area (Å²) in [5, 5.41) is 9.77. The molecule has 6 nitrogen and oxygen atoms in total. The van der Waals surface area contributed by atoms with Crippen LogP contribution in [0.25, 0.3) is 11.5 Å². The van der Waals surface area contributed by atoms with E-state index in [4.69, 9.17) is 4.42 Å². The number of hydrogen-bond donors (Lipinski definition) is 1. The molecular formula is C14H13F3N4O2. The van der Waals surface area contributed by atoms with Crippen molar-refractivity contribution in [3.05, 3.63) is 30.1 Å². The molecule has 1 aliphatic rings. The van der Waals surface area contributed by atoms with Crippen LogP contribution >= 0.6 is 0 Å². The Bertz CT molecular complexity index is 692. The van der Waals surface area contributed by atoms with E-state index in [0.717, 1.165) is 0 Å². The maximum absolute atomic E-state index is 13.1. The normalized spacial score (nSPS) is 17.1. The molecule has 2 amide bonds. The van der Waals surface area contributed by atoms with Crippen LogP contribution in [0.4, 0.5) is 24.0 Å². The molecule has 1 aromatic heterocycles. The molecule has 0 atom stereocenters. The standard InChI is InChI=1S/C14H13F3N4O2/c15-10-3-1-9(2-4-10)11-19-20-12(23-11)18-13(22)21-7-5-14(16,17)6-8-21/h1-4H,5-8H2,(H,18,20,22). The molecule has 1 fully saturated rings.